The number of hydrazone groups is 1. The minimum atomic E-state index is -3.74. The van der Waals surface area contributed by atoms with Gasteiger partial charge in [0.05, 0.1) is 15.5 Å². The van der Waals surface area contributed by atoms with Crippen molar-refractivity contribution >= 4 is 15.7 Å². The summed E-state index contributed by atoms with van der Waals surface area (Å²) < 4.78 is 24.1. The van der Waals surface area contributed by atoms with Crippen molar-refractivity contribution in [2.45, 2.75) is 24.7 Å². The second-order valence-corrected chi connectivity index (χ2v) is 6.36. The molecule has 1 aromatic rings. The molecule has 0 unspecified atom stereocenters. The van der Waals surface area contributed by atoms with E-state index in [1.54, 1.807) is 25.1 Å². The van der Waals surface area contributed by atoms with Crippen LogP contribution in [0.25, 0.3) is 0 Å². The third-order valence-corrected chi connectivity index (χ3v) is 4.38. The summed E-state index contributed by atoms with van der Waals surface area (Å²) in [5, 5.41) is 14.6. The predicted octanol–water partition coefficient (Wildman–Crippen LogP) is 2.22. The molecule has 0 fully saturated rings. The van der Waals surface area contributed by atoms with Crippen molar-refractivity contribution in [1.82, 2.24) is 4.83 Å². The Morgan fingerprint density at radius 2 is 2.00 bits per heavy atom. The molecule has 0 bridgehead atoms. The highest BCUT2D eigenvalue weighted by Gasteiger charge is 2.17. The molecule has 0 amide bonds. The molecule has 0 saturated heterocycles. The van der Waals surface area contributed by atoms with Crippen molar-refractivity contribution in [3.8, 4) is 0 Å². The molecule has 7 nitrogen and oxygen atoms in total. The van der Waals surface area contributed by atoms with Crippen LogP contribution in [-0.2, 0) is 10.0 Å². The summed E-state index contributed by atoms with van der Waals surface area (Å²) >= 11 is 0. The van der Waals surface area contributed by atoms with Crippen molar-refractivity contribution in [1.29, 1.82) is 0 Å². The average Bonchev–Trinajstić information content (AvgIpc) is 2.53. The zero-order chi connectivity index (χ0) is 16.2. The number of nitrogens with zero attached hydrogens (tertiary/aromatic N) is 2. The van der Waals surface area contributed by atoms with Crippen molar-refractivity contribution < 1.29 is 13.3 Å². The normalized spacial score (nSPS) is 15.8. The maximum atomic E-state index is 12.0. The van der Waals surface area contributed by atoms with Crippen LogP contribution in [0.4, 0.5) is 0 Å². The zero-order valence-electron chi connectivity index (χ0n) is 11.9. The van der Waals surface area contributed by atoms with E-state index in [9.17, 15) is 18.5 Å². The van der Waals surface area contributed by atoms with Crippen LogP contribution in [0.2, 0.25) is 0 Å². The monoisotopic (exact) mass is 321 g/mol. The van der Waals surface area contributed by atoms with Crippen molar-refractivity contribution in [2.75, 3.05) is 0 Å². The molecule has 1 aromatic carbocycles. The molecule has 116 valence electrons. The van der Waals surface area contributed by atoms with E-state index in [4.69, 9.17) is 0 Å². The highest BCUT2D eigenvalue weighted by Crippen LogP contribution is 2.19. The Morgan fingerprint density at radius 1 is 1.32 bits per heavy atom. The number of benzene rings is 1. The van der Waals surface area contributed by atoms with Crippen molar-refractivity contribution in [3.05, 3.63) is 63.9 Å². The quantitative estimate of drug-likeness (QED) is 0.510. The van der Waals surface area contributed by atoms with Crippen LogP contribution >= 0.6 is 0 Å². The summed E-state index contributed by atoms with van der Waals surface area (Å²) in [4.78, 5) is 12.5. The second-order valence-electron chi connectivity index (χ2n) is 4.70. The van der Waals surface area contributed by atoms with Gasteiger partial charge >= 0.3 is 0 Å². The Bertz CT molecular complexity index is 765. The van der Waals surface area contributed by atoms with Gasteiger partial charge in [0.25, 0.3) is 15.7 Å². The van der Waals surface area contributed by atoms with Gasteiger partial charge in [0.15, 0.2) is 0 Å². The molecule has 0 atom stereocenters. The molecule has 1 aliphatic carbocycles. The molecule has 2 rings (SSSR count). The van der Waals surface area contributed by atoms with E-state index in [0.717, 1.165) is 0 Å². The minimum absolute atomic E-state index is 0.00159. The first-order valence-corrected chi connectivity index (χ1v) is 8.05. The molecule has 0 aliphatic heterocycles. The van der Waals surface area contributed by atoms with E-state index in [-0.39, 0.29) is 10.6 Å². The van der Waals surface area contributed by atoms with Gasteiger partial charge in [-0.3, -0.25) is 10.1 Å². The van der Waals surface area contributed by atoms with E-state index < -0.39 is 14.9 Å². The number of rotatable bonds is 5. The molecule has 1 N–H and O–H groups in total. The lowest BCUT2D eigenvalue weighted by Gasteiger charge is -2.10. The maximum Gasteiger partial charge on any atom is 0.276 e. The molecule has 0 spiro atoms. The molecule has 1 aliphatic rings. The van der Waals surface area contributed by atoms with Crippen LogP contribution in [-0.4, -0.2) is 19.1 Å². The SMILES string of the molecule is CC(=NNS(=O)(=O)c1ccccc1)C1=CC([N+](=O)[O-])=CCC1. The fraction of sp³-hybridized carbons (Fsp3) is 0.214. The van der Waals surface area contributed by atoms with Gasteiger partial charge in [-0.2, -0.15) is 18.4 Å². The van der Waals surface area contributed by atoms with Crippen LogP contribution in [0, 0.1) is 10.1 Å². The lowest BCUT2D eigenvalue weighted by atomic mass is 10.00. The van der Waals surface area contributed by atoms with E-state index in [1.807, 2.05) is 0 Å². The standard InChI is InChI=1S/C14H15N3O4S/c1-11(12-6-5-7-13(10-12)17(18)19)15-16-22(20,21)14-8-3-2-4-9-14/h2-4,7-10,16H,5-6H2,1H3. The maximum absolute atomic E-state index is 12.0. The molecule has 0 aromatic heterocycles. The molecular formula is C14H15N3O4S. The van der Waals surface area contributed by atoms with Crippen LogP contribution in [0.5, 0.6) is 0 Å². The van der Waals surface area contributed by atoms with Gasteiger partial charge in [-0.1, -0.05) is 18.2 Å². The summed E-state index contributed by atoms with van der Waals surface area (Å²) in [7, 11) is -3.74. The fourth-order valence-electron chi connectivity index (χ4n) is 1.95. The highest BCUT2D eigenvalue weighted by atomic mass is 32.2. The smallest absolute Gasteiger partial charge is 0.258 e. The molecule has 0 saturated carbocycles. The summed E-state index contributed by atoms with van der Waals surface area (Å²) in [5.41, 5.74) is 1.05. The lowest BCUT2D eigenvalue weighted by molar-refractivity contribution is -0.419. The summed E-state index contributed by atoms with van der Waals surface area (Å²) in [6, 6.07) is 7.86. The van der Waals surface area contributed by atoms with Gasteiger partial charge in [-0.05, 0) is 43.5 Å². The Labute approximate surface area is 128 Å². The number of allylic oxidation sites excluding steroid dienone is 3. The van der Waals surface area contributed by atoms with Crippen molar-refractivity contribution in [3.63, 3.8) is 0 Å². The first-order chi connectivity index (χ1) is 10.4. The Balaban J connectivity index is 2.17. The van der Waals surface area contributed by atoms with Crippen LogP contribution in [0.15, 0.2) is 63.8 Å². The molecule has 8 heteroatoms. The number of hydrogen-bond donors (Lipinski definition) is 1. The minimum Gasteiger partial charge on any atom is -0.258 e. The number of sulfonamides is 1. The van der Waals surface area contributed by atoms with Gasteiger partial charge in [-0.25, -0.2) is 0 Å². The Kier molecular flexibility index (Phi) is 4.71. The van der Waals surface area contributed by atoms with E-state index >= 15 is 0 Å². The van der Waals surface area contributed by atoms with Crippen LogP contribution in [0.1, 0.15) is 19.8 Å². The van der Waals surface area contributed by atoms with Gasteiger partial charge in [0.2, 0.25) is 0 Å². The fourth-order valence-corrected chi connectivity index (χ4v) is 2.83. The first-order valence-electron chi connectivity index (χ1n) is 6.57. The number of nitro groups is 1. The highest BCUT2D eigenvalue weighted by molar-refractivity contribution is 7.89. The Hall–Kier alpha value is -2.48. The van der Waals surface area contributed by atoms with Crippen LogP contribution in [0.3, 0.4) is 0 Å². The first kappa shape index (κ1) is 15.9. The van der Waals surface area contributed by atoms with E-state index in [2.05, 4.69) is 9.93 Å². The summed E-state index contributed by atoms with van der Waals surface area (Å²) in [6.45, 7) is 1.61. The third-order valence-electron chi connectivity index (χ3n) is 3.15. The van der Waals surface area contributed by atoms with Gasteiger partial charge in [-0.15, -0.1) is 0 Å². The van der Waals surface area contributed by atoms with Gasteiger partial charge < -0.3 is 0 Å². The predicted molar refractivity (Wildman–Crippen MR) is 82.3 cm³/mol. The third kappa shape index (κ3) is 3.79. The topological polar surface area (TPSA) is 102 Å². The molecule has 22 heavy (non-hydrogen) atoms. The van der Waals surface area contributed by atoms with E-state index in [0.29, 0.717) is 24.1 Å². The lowest BCUT2D eigenvalue weighted by Crippen LogP contribution is -2.20. The van der Waals surface area contributed by atoms with Gasteiger partial charge in [0.1, 0.15) is 0 Å². The van der Waals surface area contributed by atoms with Crippen molar-refractivity contribution in [2.24, 2.45) is 5.10 Å². The number of nitrogens with one attached hydrogen (secondary N) is 1. The summed E-state index contributed by atoms with van der Waals surface area (Å²) in [6.07, 6.45) is 4.06. The Morgan fingerprint density at radius 3 is 2.64 bits per heavy atom. The van der Waals surface area contributed by atoms with Gasteiger partial charge in [0, 0.05) is 6.08 Å². The zero-order valence-corrected chi connectivity index (χ0v) is 12.7. The molecular weight excluding hydrogens is 306 g/mol. The molecule has 0 radical (unpaired) electrons. The van der Waals surface area contributed by atoms with E-state index in [1.165, 1.54) is 24.3 Å². The average molecular weight is 321 g/mol. The summed E-state index contributed by atoms with van der Waals surface area (Å²) in [5.74, 6) is 0. The largest absolute Gasteiger partial charge is 0.276 e. The number of hydrogen-bond acceptors (Lipinski definition) is 5. The second kappa shape index (κ2) is 6.52. The van der Waals surface area contributed by atoms with Crippen LogP contribution < -0.4 is 4.83 Å². The molecule has 0 heterocycles.